The molecule has 0 amide bonds. The lowest BCUT2D eigenvalue weighted by Crippen LogP contribution is -2.08. The molecule has 3 aromatic rings. The van der Waals surface area contributed by atoms with Gasteiger partial charge in [0.1, 0.15) is 0 Å². The monoisotopic (exact) mass is 274 g/mol. The zero-order valence-corrected chi connectivity index (χ0v) is 11.4. The van der Waals surface area contributed by atoms with E-state index in [2.05, 4.69) is 16.8 Å². The van der Waals surface area contributed by atoms with Crippen molar-refractivity contribution < 1.29 is 0 Å². The van der Waals surface area contributed by atoms with Crippen LogP contribution < -0.4 is 11.2 Å². The molecular weight excluding hydrogens is 260 g/mol. The molecule has 1 heterocycles. The molecule has 0 spiro atoms. The van der Waals surface area contributed by atoms with Crippen LogP contribution in [0.4, 0.5) is 0 Å². The van der Waals surface area contributed by atoms with Crippen LogP contribution in [0.2, 0.25) is 0 Å². The fraction of sp³-hybridized carbons (Fsp3) is 0.0556. The largest absolute Gasteiger partial charge is 0.357 e. The van der Waals surface area contributed by atoms with Crippen molar-refractivity contribution >= 4 is 10.9 Å². The number of aromatic nitrogens is 1. The minimum Gasteiger partial charge on any atom is -0.357 e. The van der Waals surface area contributed by atoms with Gasteiger partial charge in [-0.15, -0.1) is 0 Å². The van der Waals surface area contributed by atoms with Gasteiger partial charge >= 0.3 is 0 Å². The van der Waals surface area contributed by atoms with Crippen LogP contribution in [0.5, 0.6) is 0 Å². The van der Waals surface area contributed by atoms with Gasteiger partial charge in [0.25, 0.3) is 0 Å². The Labute approximate surface area is 122 Å². The third-order valence-corrected chi connectivity index (χ3v) is 3.23. The molecular formula is C18H14N2O. The summed E-state index contributed by atoms with van der Waals surface area (Å²) in [7, 11) is 0. The van der Waals surface area contributed by atoms with Crippen molar-refractivity contribution in [1.29, 1.82) is 0 Å². The number of hydrogen-bond acceptors (Lipinski definition) is 2. The first-order valence-corrected chi connectivity index (χ1v) is 6.69. The second kappa shape index (κ2) is 5.66. The predicted molar refractivity (Wildman–Crippen MR) is 84.9 cm³/mol. The van der Waals surface area contributed by atoms with Crippen LogP contribution in [0.25, 0.3) is 10.9 Å². The summed E-state index contributed by atoms with van der Waals surface area (Å²) < 4.78 is 0. The van der Waals surface area contributed by atoms with Crippen molar-refractivity contribution in [3.63, 3.8) is 0 Å². The Balaban J connectivity index is 2.04. The number of nitrogens with one attached hydrogen (secondary N) is 1. The average Bonchev–Trinajstić information content (AvgIpc) is 2.54. The fourth-order valence-electron chi connectivity index (χ4n) is 2.16. The first-order chi connectivity index (χ1) is 10.3. The molecule has 0 saturated heterocycles. The molecule has 0 unspecified atom stereocenters. The molecule has 0 bridgehead atoms. The molecule has 0 saturated carbocycles. The lowest BCUT2D eigenvalue weighted by molar-refractivity contribution is 1.00. The first kappa shape index (κ1) is 13.2. The van der Waals surface area contributed by atoms with Crippen molar-refractivity contribution in [1.82, 2.24) is 4.98 Å². The average molecular weight is 274 g/mol. The topological polar surface area (TPSA) is 58.9 Å². The second-order valence-electron chi connectivity index (χ2n) is 4.74. The summed E-state index contributed by atoms with van der Waals surface area (Å²) in [6.07, 6.45) is 0. The van der Waals surface area contributed by atoms with E-state index in [4.69, 9.17) is 5.73 Å². The van der Waals surface area contributed by atoms with E-state index in [1.54, 1.807) is 0 Å². The van der Waals surface area contributed by atoms with Crippen LogP contribution in [0, 0.1) is 11.8 Å². The van der Waals surface area contributed by atoms with Gasteiger partial charge in [-0.05, 0) is 30.3 Å². The molecule has 102 valence electrons. The van der Waals surface area contributed by atoms with Crippen LogP contribution in [0.15, 0.2) is 59.4 Å². The quantitative estimate of drug-likeness (QED) is 0.669. The van der Waals surface area contributed by atoms with E-state index in [0.29, 0.717) is 11.9 Å². The Morgan fingerprint density at radius 3 is 2.48 bits per heavy atom. The minimum atomic E-state index is -0.0347. The molecule has 21 heavy (non-hydrogen) atoms. The smallest absolute Gasteiger partial charge is 0.189 e. The third-order valence-electron chi connectivity index (χ3n) is 3.23. The van der Waals surface area contributed by atoms with Gasteiger partial charge in [0.05, 0.1) is 0 Å². The molecule has 3 N–H and O–H groups in total. The molecule has 0 aliphatic rings. The van der Waals surface area contributed by atoms with Crippen molar-refractivity contribution in [2.24, 2.45) is 5.73 Å². The maximum atomic E-state index is 12.1. The predicted octanol–water partition coefficient (Wildman–Crippen LogP) is 2.39. The van der Waals surface area contributed by atoms with Gasteiger partial charge in [-0.3, -0.25) is 4.79 Å². The van der Waals surface area contributed by atoms with Crippen LogP contribution in [0.3, 0.4) is 0 Å². The molecule has 0 aliphatic carbocycles. The standard InChI is InChI=1S/C18H14N2O/c19-12-15-11-18(21)16-10-14(8-9-17(16)20-15)7-6-13-4-2-1-3-5-13/h1-5,8-11H,12,19H2,(H,20,21). The van der Waals surface area contributed by atoms with Crippen molar-refractivity contribution in [3.05, 3.63) is 81.6 Å². The summed E-state index contributed by atoms with van der Waals surface area (Å²) in [5.74, 6) is 6.17. The maximum Gasteiger partial charge on any atom is 0.189 e. The van der Waals surface area contributed by atoms with E-state index in [1.165, 1.54) is 6.07 Å². The Morgan fingerprint density at radius 2 is 1.71 bits per heavy atom. The van der Waals surface area contributed by atoms with E-state index in [-0.39, 0.29) is 5.43 Å². The highest BCUT2D eigenvalue weighted by molar-refractivity contribution is 5.80. The number of fused-ring (bicyclic) bond motifs is 1. The summed E-state index contributed by atoms with van der Waals surface area (Å²) in [4.78, 5) is 15.2. The molecule has 0 fully saturated rings. The Hall–Kier alpha value is -2.83. The van der Waals surface area contributed by atoms with Crippen LogP contribution >= 0.6 is 0 Å². The molecule has 3 nitrogen and oxygen atoms in total. The minimum absolute atomic E-state index is 0.0347. The number of rotatable bonds is 1. The third kappa shape index (κ3) is 2.86. The molecule has 0 radical (unpaired) electrons. The molecule has 2 aromatic carbocycles. The fourth-order valence-corrected chi connectivity index (χ4v) is 2.16. The second-order valence-corrected chi connectivity index (χ2v) is 4.74. The number of nitrogens with two attached hydrogens (primary N) is 1. The molecule has 0 aliphatic heterocycles. The van der Waals surface area contributed by atoms with Crippen LogP contribution in [0.1, 0.15) is 16.8 Å². The zero-order chi connectivity index (χ0) is 14.7. The molecule has 3 rings (SSSR count). The highest BCUT2D eigenvalue weighted by atomic mass is 16.1. The van der Waals surface area contributed by atoms with Crippen molar-refractivity contribution in [2.75, 3.05) is 0 Å². The van der Waals surface area contributed by atoms with Crippen molar-refractivity contribution in [3.8, 4) is 11.8 Å². The van der Waals surface area contributed by atoms with Gasteiger partial charge in [-0.2, -0.15) is 0 Å². The Morgan fingerprint density at radius 1 is 0.952 bits per heavy atom. The first-order valence-electron chi connectivity index (χ1n) is 6.69. The van der Waals surface area contributed by atoms with Crippen LogP contribution in [-0.2, 0) is 6.54 Å². The van der Waals surface area contributed by atoms with Gasteiger partial charge in [0.2, 0.25) is 0 Å². The van der Waals surface area contributed by atoms with E-state index < -0.39 is 0 Å². The van der Waals surface area contributed by atoms with Gasteiger partial charge in [0, 0.05) is 40.3 Å². The number of benzene rings is 2. The molecule has 1 aromatic heterocycles. The number of hydrogen-bond donors (Lipinski definition) is 2. The van der Waals surface area contributed by atoms with Gasteiger partial charge in [0.15, 0.2) is 5.43 Å². The van der Waals surface area contributed by atoms with E-state index >= 15 is 0 Å². The van der Waals surface area contributed by atoms with E-state index in [9.17, 15) is 4.79 Å². The van der Waals surface area contributed by atoms with Gasteiger partial charge in [-0.25, -0.2) is 0 Å². The summed E-state index contributed by atoms with van der Waals surface area (Å²) in [5, 5.41) is 0.632. The molecule has 0 atom stereocenters. The maximum absolute atomic E-state index is 12.1. The van der Waals surface area contributed by atoms with Gasteiger partial charge in [-0.1, -0.05) is 30.0 Å². The highest BCUT2D eigenvalue weighted by Gasteiger charge is 2.01. The highest BCUT2D eigenvalue weighted by Crippen LogP contribution is 2.11. The van der Waals surface area contributed by atoms with Gasteiger partial charge < -0.3 is 10.7 Å². The van der Waals surface area contributed by atoms with Crippen molar-refractivity contribution in [2.45, 2.75) is 6.54 Å². The summed E-state index contributed by atoms with van der Waals surface area (Å²) in [6, 6.07) is 16.9. The summed E-state index contributed by atoms with van der Waals surface area (Å²) >= 11 is 0. The zero-order valence-electron chi connectivity index (χ0n) is 11.4. The number of pyridine rings is 1. The van der Waals surface area contributed by atoms with E-state index in [1.807, 2.05) is 48.5 Å². The molecule has 3 heteroatoms. The SMILES string of the molecule is NCc1cc(=O)c2cc(C#Cc3ccccc3)ccc2[nH]1. The number of aromatic amines is 1. The lowest BCUT2D eigenvalue weighted by Gasteiger charge is -2.02. The Bertz CT molecular complexity index is 899. The normalized spacial score (nSPS) is 10.1. The summed E-state index contributed by atoms with van der Waals surface area (Å²) in [6.45, 7) is 0.320. The Kier molecular flexibility index (Phi) is 3.55. The number of H-pyrrole nitrogens is 1. The van der Waals surface area contributed by atoms with Crippen LogP contribution in [-0.4, -0.2) is 4.98 Å². The lowest BCUT2D eigenvalue weighted by atomic mass is 10.1. The van der Waals surface area contributed by atoms with E-state index in [0.717, 1.165) is 22.3 Å². The summed E-state index contributed by atoms with van der Waals surface area (Å²) in [5.41, 5.74) is 8.81.